The van der Waals surface area contributed by atoms with Gasteiger partial charge in [-0.25, -0.2) is 0 Å². The van der Waals surface area contributed by atoms with Crippen molar-refractivity contribution < 1.29 is 18.0 Å². The number of carbonyl (C=O) groups excluding carboxylic acids is 1. The van der Waals surface area contributed by atoms with Gasteiger partial charge < -0.3 is 4.90 Å². The normalized spacial score (nSPS) is 27.6. The Morgan fingerprint density at radius 1 is 0.867 bits per heavy atom. The molecular weight excluding hydrogens is 387 g/mol. The van der Waals surface area contributed by atoms with Gasteiger partial charge in [0.25, 0.3) is 0 Å². The summed E-state index contributed by atoms with van der Waals surface area (Å²) in [7, 11) is 1.86. The van der Waals surface area contributed by atoms with Gasteiger partial charge in [-0.2, -0.15) is 13.2 Å². The van der Waals surface area contributed by atoms with Gasteiger partial charge in [0, 0.05) is 20.0 Å². The van der Waals surface area contributed by atoms with Gasteiger partial charge in [0.2, 0.25) is 5.91 Å². The van der Waals surface area contributed by atoms with E-state index in [0.29, 0.717) is 6.42 Å². The van der Waals surface area contributed by atoms with Gasteiger partial charge in [0.15, 0.2) is 0 Å². The van der Waals surface area contributed by atoms with Crippen LogP contribution in [0.2, 0.25) is 0 Å². The molecule has 5 heteroatoms. The number of hydrogen-bond acceptors (Lipinski definition) is 1. The van der Waals surface area contributed by atoms with Crippen LogP contribution in [0.25, 0.3) is 0 Å². The summed E-state index contributed by atoms with van der Waals surface area (Å²) in [5.74, 6) is 3.35. The van der Waals surface area contributed by atoms with Crippen molar-refractivity contribution in [1.82, 2.24) is 4.90 Å². The van der Waals surface area contributed by atoms with E-state index in [2.05, 4.69) is 6.58 Å². The van der Waals surface area contributed by atoms with Crippen molar-refractivity contribution in [2.45, 2.75) is 102 Å². The highest BCUT2D eigenvalue weighted by Crippen LogP contribution is 2.43. The first-order valence-electron chi connectivity index (χ1n) is 12.2. The van der Waals surface area contributed by atoms with E-state index in [0.717, 1.165) is 55.9 Å². The summed E-state index contributed by atoms with van der Waals surface area (Å²) >= 11 is 0. The first-order valence-corrected chi connectivity index (χ1v) is 12.2. The quantitative estimate of drug-likeness (QED) is 0.245. The molecule has 0 N–H and O–H groups in total. The summed E-state index contributed by atoms with van der Waals surface area (Å²) in [5.41, 5.74) is 0. The van der Waals surface area contributed by atoms with E-state index in [1.54, 1.807) is 4.90 Å². The van der Waals surface area contributed by atoms with E-state index >= 15 is 0 Å². The molecule has 0 radical (unpaired) electrons. The lowest BCUT2D eigenvalue weighted by Gasteiger charge is -2.38. The van der Waals surface area contributed by atoms with E-state index in [9.17, 15) is 18.0 Å². The smallest absolute Gasteiger partial charge is 0.342 e. The second kappa shape index (κ2) is 12.8. The van der Waals surface area contributed by atoms with Crippen molar-refractivity contribution in [3.05, 3.63) is 12.7 Å². The zero-order valence-electron chi connectivity index (χ0n) is 18.9. The van der Waals surface area contributed by atoms with Crippen LogP contribution in [0.1, 0.15) is 96.3 Å². The van der Waals surface area contributed by atoms with E-state index in [1.807, 2.05) is 7.05 Å². The molecule has 0 aromatic heterocycles. The highest BCUT2D eigenvalue weighted by molar-refractivity contribution is 5.86. The maximum Gasteiger partial charge on any atom is 0.389 e. The Balaban J connectivity index is 1.53. The Morgan fingerprint density at radius 2 is 1.37 bits per heavy atom. The summed E-state index contributed by atoms with van der Waals surface area (Å²) in [6, 6.07) is 0. The average Bonchev–Trinajstić information content (AvgIpc) is 2.74. The van der Waals surface area contributed by atoms with Gasteiger partial charge in [0.1, 0.15) is 0 Å². The van der Waals surface area contributed by atoms with Gasteiger partial charge in [-0.3, -0.25) is 4.79 Å². The lowest BCUT2D eigenvalue weighted by atomic mass is 9.68. The fourth-order valence-corrected chi connectivity index (χ4v) is 5.65. The number of alkyl halides is 3. The molecule has 2 nitrogen and oxygen atoms in total. The van der Waals surface area contributed by atoms with Crippen LogP contribution in [-0.4, -0.2) is 30.6 Å². The molecular formula is C25H42F3NO. The summed E-state index contributed by atoms with van der Waals surface area (Å²) in [5, 5.41) is 0. The van der Waals surface area contributed by atoms with Crippen molar-refractivity contribution in [3.63, 3.8) is 0 Å². The lowest BCUT2D eigenvalue weighted by molar-refractivity contribution is -0.135. The minimum atomic E-state index is -3.99. The van der Waals surface area contributed by atoms with Crippen molar-refractivity contribution in [1.29, 1.82) is 0 Å². The van der Waals surface area contributed by atoms with E-state index < -0.39 is 12.6 Å². The second-order valence-corrected chi connectivity index (χ2v) is 9.88. The Bertz CT molecular complexity index is 503. The lowest BCUT2D eigenvalue weighted by Crippen LogP contribution is -2.29. The maximum absolute atomic E-state index is 12.2. The number of amides is 1. The molecule has 2 fully saturated rings. The zero-order chi connectivity index (χ0) is 22.0. The maximum atomic E-state index is 12.2. The molecule has 2 rings (SSSR count). The molecule has 0 bridgehead atoms. The average molecular weight is 430 g/mol. The Morgan fingerprint density at radius 3 is 1.87 bits per heavy atom. The highest BCUT2D eigenvalue weighted by Gasteiger charge is 2.31. The molecule has 2 saturated carbocycles. The molecule has 174 valence electrons. The predicted molar refractivity (Wildman–Crippen MR) is 117 cm³/mol. The van der Waals surface area contributed by atoms with Crippen LogP contribution < -0.4 is 0 Å². The Kier molecular flexibility index (Phi) is 10.7. The first kappa shape index (κ1) is 25.3. The molecule has 0 heterocycles. The number of nitrogens with zero attached hydrogens (tertiary/aromatic N) is 1. The van der Waals surface area contributed by atoms with Crippen LogP contribution in [0.5, 0.6) is 0 Å². The number of carbonyl (C=O) groups is 1. The molecule has 0 aliphatic heterocycles. The summed E-state index contributed by atoms with van der Waals surface area (Å²) in [6.07, 6.45) is 12.8. The van der Waals surface area contributed by atoms with Crippen LogP contribution in [0, 0.1) is 23.7 Å². The topological polar surface area (TPSA) is 20.3 Å². The van der Waals surface area contributed by atoms with Gasteiger partial charge in [-0.05, 0) is 68.3 Å². The van der Waals surface area contributed by atoms with Crippen LogP contribution in [0.3, 0.4) is 0 Å². The minimum absolute atomic E-state index is 0.0155. The predicted octanol–water partition coefficient (Wildman–Crippen LogP) is 7.54. The molecule has 0 atom stereocenters. The first-order chi connectivity index (χ1) is 14.3. The van der Waals surface area contributed by atoms with Gasteiger partial charge in [-0.1, -0.05) is 57.9 Å². The Hall–Kier alpha value is -1.00. The van der Waals surface area contributed by atoms with Crippen molar-refractivity contribution in [2.75, 3.05) is 13.6 Å². The number of hydrogen-bond donors (Lipinski definition) is 0. The largest absolute Gasteiger partial charge is 0.389 e. The minimum Gasteiger partial charge on any atom is -0.342 e. The fourth-order valence-electron chi connectivity index (χ4n) is 5.65. The molecule has 30 heavy (non-hydrogen) atoms. The van der Waals surface area contributed by atoms with Crippen molar-refractivity contribution >= 4 is 5.91 Å². The molecule has 0 unspecified atom stereocenters. The molecule has 1 amide bonds. The zero-order valence-corrected chi connectivity index (χ0v) is 18.9. The molecule has 0 spiro atoms. The standard InChI is InChI=1S/C25H42F3NO/c1-3-24(30)29(2)19-17-21-11-15-23(16-12-21)22-13-9-20(10-14-22)8-6-4-5-7-18-25(26,27)28/h3,20-23H,1,4-19H2,2H3. The highest BCUT2D eigenvalue weighted by atomic mass is 19.4. The molecule has 0 aromatic rings. The van der Waals surface area contributed by atoms with Crippen molar-refractivity contribution in [3.8, 4) is 0 Å². The third-order valence-electron chi connectivity index (χ3n) is 7.70. The molecule has 0 saturated heterocycles. The number of halogens is 3. The molecule has 0 aromatic carbocycles. The van der Waals surface area contributed by atoms with E-state index in [4.69, 9.17) is 0 Å². The van der Waals surface area contributed by atoms with Gasteiger partial charge >= 0.3 is 6.18 Å². The van der Waals surface area contributed by atoms with Crippen LogP contribution in [-0.2, 0) is 4.79 Å². The molecule has 2 aliphatic rings. The molecule has 2 aliphatic carbocycles. The third kappa shape index (κ3) is 9.43. The van der Waals surface area contributed by atoms with Crippen LogP contribution in [0.4, 0.5) is 13.2 Å². The fraction of sp³-hybridized carbons (Fsp3) is 0.880. The van der Waals surface area contributed by atoms with Crippen LogP contribution >= 0.6 is 0 Å². The summed E-state index contributed by atoms with van der Waals surface area (Å²) in [4.78, 5) is 13.4. The van der Waals surface area contributed by atoms with E-state index in [-0.39, 0.29) is 5.91 Å². The third-order valence-corrected chi connectivity index (χ3v) is 7.70. The summed E-state index contributed by atoms with van der Waals surface area (Å²) < 4.78 is 36.5. The number of unbranched alkanes of at least 4 members (excludes halogenated alkanes) is 3. The number of likely N-dealkylation sites (N-methyl/N-ethyl adjacent to an activating group) is 1. The van der Waals surface area contributed by atoms with Crippen molar-refractivity contribution in [2.24, 2.45) is 23.7 Å². The Labute approximate surface area is 181 Å². The SMILES string of the molecule is C=CC(=O)N(C)CCC1CCC(C2CCC(CCCCCCC(F)(F)F)CC2)CC1. The summed E-state index contributed by atoms with van der Waals surface area (Å²) in [6.45, 7) is 4.39. The van der Waals surface area contributed by atoms with Gasteiger partial charge in [-0.15, -0.1) is 0 Å². The van der Waals surface area contributed by atoms with Gasteiger partial charge in [0.05, 0.1) is 0 Å². The van der Waals surface area contributed by atoms with Crippen LogP contribution in [0.15, 0.2) is 12.7 Å². The number of rotatable bonds is 11. The monoisotopic (exact) mass is 429 g/mol. The second-order valence-electron chi connectivity index (χ2n) is 9.88. The van der Waals surface area contributed by atoms with E-state index in [1.165, 1.54) is 63.9 Å².